The number of hydrogen-bond donors (Lipinski definition) is 0. The van der Waals surface area contributed by atoms with E-state index >= 15 is 0 Å². The van der Waals surface area contributed by atoms with E-state index in [9.17, 15) is 0 Å². The molecule has 0 unspecified atom stereocenters. The Bertz CT molecular complexity index is 130. The second-order valence-electron chi connectivity index (χ2n) is 2.47. The van der Waals surface area contributed by atoms with Gasteiger partial charge in [0.05, 0.1) is 5.92 Å². The van der Waals surface area contributed by atoms with Gasteiger partial charge in [0.15, 0.2) is 7.59 Å². The Morgan fingerprint density at radius 2 is 1.23 bits per heavy atom. The van der Waals surface area contributed by atoms with E-state index in [0.717, 1.165) is 0 Å². The molecule has 0 heterocycles. The summed E-state index contributed by atoms with van der Waals surface area (Å²) in [4.78, 5) is 0. The average molecular weight is 327 g/mol. The monoisotopic (exact) mass is 324 g/mol. The van der Waals surface area contributed by atoms with E-state index in [-0.39, 0.29) is 0 Å². The summed E-state index contributed by atoms with van der Waals surface area (Å²) in [7, 11) is 0. The lowest BCUT2D eigenvalue weighted by molar-refractivity contribution is 0.498. The molecular weight excluding hydrogens is 320 g/mol. The third kappa shape index (κ3) is 6.25. The zero-order valence-electron chi connectivity index (χ0n) is 6.34. The Labute approximate surface area is 113 Å². The van der Waals surface area contributed by atoms with Crippen molar-refractivity contribution in [2.75, 3.05) is 5.88 Å². The second kappa shape index (κ2) is 5.94. The van der Waals surface area contributed by atoms with Crippen LogP contribution >= 0.6 is 81.2 Å². The van der Waals surface area contributed by atoms with Gasteiger partial charge in [-0.3, -0.25) is 0 Å². The average Bonchev–Trinajstić information content (AvgIpc) is 1.81. The van der Waals surface area contributed by atoms with Crippen molar-refractivity contribution in [3.8, 4) is 0 Å². The molecular formula is C6H7Cl7. The van der Waals surface area contributed by atoms with Crippen LogP contribution in [0.4, 0.5) is 0 Å². The van der Waals surface area contributed by atoms with Gasteiger partial charge in [-0.05, 0) is 12.8 Å². The topological polar surface area (TPSA) is 0 Å². The van der Waals surface area contributed by atoms with E-state index in [4.69, 9.17) is 81.2 Å². The van der Waals surface area contributed by atoms with Crippen LogP contribution in [0, 0.1) is 5.92 Å². The van der Waals surface area contributed by atoms with Crippen molar-refractivity contribution in [2.45, 2.75) is 20.4 Å². The maximum atomic E-state index is 5.65. The van der Waals surface area contributed by atoms with Gasteiger partial charge in [0.1, 0.15) is 0 Å². The minimum Gasteiger partial charge on any atom is -0.127 e. The lowest BCUT2D eigenvalue weighted by Gasteiger charge is -2.30. The number of rotatable bonds is 3. The highest BCUT2D eigenvalue weighted by Gasteiger charge is 2.45. The van der Waals surface area contributed by atoms with Crippen LogP contribution in [0.3, 0.4) is 0 Å². The Morgan fingerprint density at radius 3 is 1.46 bits per heavy atom. The quantitative estimate of drug-likeness (QED) is 0.612. The first-order valence-electron chi connectivity index (χ1n) is 3.39. The molecule has 7 heteroatoms. The fourth-order valence-corrected chi connectivity index (χ4v) is 3.09. The first kappa shape index (κ1) is 15.0. The third-order valence-electron chi connectivity index (χ3n) is 1.42. The van der Waals surface area contributed by atoms with Crippen LogP contribution in [0.5, 0.6) is 0 Å². The fourth-order valence-electron chi connectivity index (χ4n) is 0.794. The smallest absolute Gasteiger partial charge is 0.127 e. The molecule has 0 bridgehead atoms. The Balaban J connectivity index is 4.39. The maximum Gasteiger partial charge on any atom is 0.197 e. The summed E-state index contributed by atoms with van der Waals surface area (Å²) in [5.41, 5.74) is 0. The first-order chi connectivity index (χ1) is 5.69. The number of halogens is 7. The van der Waals surface area contributed by atoms with Crippen LogP contribution in [0.1, 0.15) is 12.8 Å². The highest BCUT2D eigenvalue weighted by Crippen LogP contribution is 2.50. The van der Waals surface area contributed by atoms with E-state index in [2.05, 4.69) is 0 Å². The molecule has 0 saturated heterocycles. The summed E-state index contributed by atoms with van der Waals surface area (Å²) in [5, 5.41) is 0. The molecule has 0 N–H and O–H groups in total. The van der Waals surface area contributed by atoms with Crippen LogP contribution in [-0.4, -0.2) is 13.5 Å². The molecule has 13 heavy (non-hydrogen) atoms. The number of hydrogen-bond acceptors (Lipinski definition) is 0. The standard InChI is InChI=1S/C6H7Cl7/c7-3-1-2-4(5(8,9)10)6(11,12)13/h4H,1-3H2. The van der Waals surface area contributed by atoms with Crippen LogP contribution in [0.2, 0.25) is 0 Å². The molecule has 0 nitrogen and oxygen atoms in total. The molecule has 0 fully saturated rings. The minimum atomic E-state index is -1.59. The summed E-state index contributed by atoms with van der Waals surface area (Å²) in [6.45, 7) is 0. The Hall–Kier alpha value is 2.03. The van der Waals surface area contributed by atoms with E-state index in [1.807, 2.05) is 0 Å². The van der Waals surface area contributed by atoms with Gasteiger partial charge in [-0.15, -0.1) is 11.6 Å². The summed E-state index contributed by atoms with van der Waals surface area (Å²) >= 11 is 39.4. The van der Waals surface area contributed by atoms with Gasteiger partial charge in [0.25, 0.3) is 0 Å². The van der Waals surface area contributed by atoms with Gasteiger partial charge in [-0.25, -0.2) is 0 Å². The molecule has 0 aliphatic rings. The molecule has 0 rings (SSSR count). The molecule has 0 aromatic heterocycles. The molecule has 0 radical (unpaired) electrons. The van der Waals surface area contributed by atoms with Gasteiger partial charge in [0, 0.05) is 5.88 Å². The normalized spacial score (nSPS) is 13.8. The highest BCUT2D eigenvalue weighted by atomic mass is 35.6. The molecule has 0 spiro atoms. The lowest BCUT2D eigenvalue weighted by Crippen LogP contribution is -2.31. The van der Waals surface area contributed by atoms with Gasteiger partial charge in [-0.1, -0.05) is 69.6 Å². The molecule has 0 aliphatic carbocycles. The van der Waals surface area contributed by atoms with Gasteiger partial charge < -0.3 is 0 Å². The summed E-state index contributed by atoms with van der Waals surface area (Å²) < 4.78 is -3.17. The summed E-state index contributed by atoms with van der Waals surface area (Å²) in [6.07, 6.45) is 1.09. The van der Waals surface area contributed by atoms with Crippen molar-refractivity contribution >= 4 is 81.2 Å². The molecule has 0 amide bonds. The van der Waals surface area contributed by atoms with Gasteiger partial charge in [0.2, 0.25) is 0 Å². The SMILES string of the molecule is ClCCCC(C(Cl)(Cl)Cl)C(Cl)(Cl)Cl. The van der Waals surface area contributed by atoms with Crippen LogP contribution in [-0.2, 0) is 0 Å². The van der Waals surface area contributed by atoms with Crippen molar-refractivity contribution in [1.82, 2.24) is 0 Å². The Kier molecular flexibility index (Phi) is 6.86. The fraction of sp³-hybridized carbons (Fsp3) is 1.00. The zero-order valence-corrected chi connectivity index (χ0v) is 11.6. The van der Waals surface area contributed by atoms with Crippen molar-refractivity contribution in [3.05, 3.63) is 0 Å². The molecule has 80 valence electrons. The van der Waals surface area contributed by atoms with Crippen LogP contribution < -0.4 is 0 Å². The second-order valence-corrected chi connectivity index (χ2v) is 7.58. The first-order valence-corrected chi connectivity index (χ1v) is 6.19. The minimum absolute atomic E-state index is 0.442. The van der Waals surface area contributed by atoms with Crippen molar-refractivity contribution in [3.63, 3.8) is 0 Å². The van der Waals surface area contributed by atoms with Crippen molar-refractivity contribution in [2.24, 2.45) is 5.92 Å². The van der Waals surface area contributed by atoms with E-state index in [0.29, 0.717) is 18.7 Å². The molecule has 0 aromatic carbocycles. The van der Waals surface area contributed by atoms with Gasteiger partial charge in [-0.2, -0.15) is 0 Å². The lowest BCUT2D eigenvalue weighted by atomic mass is 10.1. The van der Waals surface area contributed by atoms with Crippen LogP contribution in [0.25, 0.3) is 0 Å². The van der Waals surface area contributed by atoms with Crippen molar-refractivity contribution in [1.29, 1.82) is 0 Å². The van der Waals surface area contributed by atoms with E-state index in [1.165, 1.54) is 0 Å². The summed E-state index contributed by atoms with van der Waals surface area (Å²) in [5.74, 6) is -0.216. The number of alkyl halides is 7. The van der Waals surface area contributed by atoms with Crippen molar-refractivity contribution < 1.29 is 0 Å². The van der Waals surface area contributed by atoms with E-state index < -0.39 is 13.5 Å². The predicted molar refractivity (Wildman–Crippen MR) is 64.0 cm³/mol. The van der Waals surface area contributed by atoms with E-state index in [1.54, 1.807) is 0 Å². The Morgan fingerprint density at radius 1 is 0.846 bits per heavy atom. The maximum absolute atomic E-state index is 5.65. The molecule has 0 aliphatic heterocycles. The third-order valence-corrected chi connectivity index (χ3v) is 3.26. The molecule has 0 aromatic rings. The predicted octanol–water partition coefficient (Wildman–Crippen LogP) is 5.36. The highest BCUT2D eigenvalue weighted by molar-refractivity contribution is 6.72. The van der Waals surface area contributed by atoms with Gasteiger partial charge >= 0.3 is 0 Å². The van der Waals surface area contributed by atoms with Crippen LogP contribution in [0.15, 0.2) is 0 Å². The zero-order chi connectivity index (χ0) is 10.7. The molecule has 0 saturated carbocycles. The summed E-state index contributed by atoms with van der Waals surface area (Å²) in [6, 6.07) is 0. The largest absolute Gasteiger partial charge is 0.197 e. The molecule has 0 atom stereocenters.